The Hall–Kier alpha value is -3.22. The number of hydrogen-bond donors (Lipinski definition) is 3. The van der Waals surface area contributed by atoms with Gasteiger partial charge in [0.2, 0.25) is 17.7 Å². The highest BCUT2D eigenvalue weighted by Gasteiger charge is 2.10. The fourth-order valence-electron chi connectivity index (χ4n) is 1.99. The largest absolute Gasteiger partial charge is 0.352 e. The summed E-state index contributed by atoms with van der Waals surface area (Å²) >= 11 is 0. The van der Waals surface area contributed by atoms with E-state index in [0.29, 0.717) is 17.9 Å². The third kappa shape index (κ3) is 5.88. The Labute approximate surface area is 139 Å². The van der Waals surface area contributed by atoms with Crippen molar-refractivity contribution in [2.24, 2.45) is 0 Å². The number of aromatic nitrogens is 1. The number of anilines is 2. The molecule has 1 aromatic heterocycles. The van der Waals surface area contributed by atoms with Gasteiger partial charge in [-0.05, 0) is 29.8 Å². The summed E-state index contributed by atoms with van der Waals surface area (Å²) in [6.07, 6.45) is 3.01. The summed E-state index contributed by atoms with van der Waals surface area (Å²) in [5.74, 6) is -1.01. The zero-order valence-electron chi connectivity index (χ0n) is 13.2. The highest BCUT2D eigenvalue weighted by atomic mass is 16.2. The summed E-state index contributed by atoms with van der Waals surface area (Å²) < 4.78 is 0. The van der Waals surface area contributed by atoms with Crippen LogP contribution in [0.5, 0.6) is 0 Å². The molecule has 1 heterocycles. The van der Waals surface area contributed by atoms with Gasteiger partial charge in [-0.3, -0.25) is 19.4 Å². The molecule has 0 aliphatic rings. The lowest BCUT2D eigenvalue weighted by atomic mass is 10.2. The molecular weight excluding hydrogens is 308 g/mol. The Balaban J connectivity index is 1.82. The first-order chi connectivity index (χ1) is 11.5. The van der Waals surface area contributed by atoms with Crippen molar-refractivity contribution in [3.8, 4) is 0 Å². The Kier molecular flexibility index (Phi) is 6.01. The molecule has 0 unspecified atom stereocenters. The first kappa shape index (κ1) is 17.1. The number of benzene rings is 1. The number of pyridine rings is 1. The summed E-state index contributed by atoms with van der Waals surface area (Å²) in [6, 6.07) is 10.3. The molecule has 0 saturated heterocycles. The van der Waals surface area contributed by atoms with E-state index in [0.717, 1.165) is 5.56 Å². The lowest BCUT2D eigenvalue weighted by Gasteiger charge is -2.08. The van der Waals surface area contributed by atoms with Gasteiger partial charge < -0.3 is 16.0 Å². The van der Waals surface area contributed by atoms with E-state index in [1.165, 1.54) is 6.92 Å². The second kappa shape index (κ2) is 8.42. The average Bonchev–Trinajstić information content (AvgIpc) is 2.53. The van der Waals surface area contributed by atoms with Crippen molar-refractivity contribution in [1.29, 1.82) is 0 Å². The first-order valence-corrected chi connectivity index (χ1v) is 7.36. The normalized spacial score (nSPS) is 9.88. The predicted molar refractivity (Wildman–Crippen MR) is 90.1 cm³/mol. The van der Waals surface area contributed by atoms with Crippen molar-refractivity contribution in [3.05, 3.63) is 54.4 Å². The number of nitrogens with one attached hydrogen (secondary N) is 3. The van der Waals surface area contributed by atoms with E-state index in [2.05, 4.69) is 20.9 Å². The molecule has 7 heteroatoms. The van der Waals surface area contributed by atoms with Crippen LogP contribution in [0.1, 0.15) is 18.9 Å². The van der Waals surface area contributed by atoms with Gasteiger partial charge in [0.15, 0.2) is 0 Å². The third-order valence-electron chi connectivity index (χ3n) is 3.00. The van der Waals surface area contributed by atoms with E-state index < -0.39 is 5.91 Å². The number of carbonyl (C=O) groups is 3. The van der Waals surface area contributed by atoms with Crippen LogP contribution in [-0.2, 0) is 20.9 Å². The molecule has 0 fully saturated rings. The third-order valence-corrected chi connectivity index (χ3v) is 3.00. The molecule has 0 aliphatic heterocycles. The lowest BCUT2D eigenvalue weighted by molar-refractivity contribution is -0.127. The Morgan fingerprint density at radius 1 is 1.00 bits per heavy atom. The summed E-state index contributed by atoms with van der Waals surface area (Å²) in [5.41, 5.74) is 1.93. The Morgan fingerprint density at radius 2 is 1.75 bits per heavy atom. The van der Waals surface area contributed by atoms with Crippen LogP contribution >= 0.6 is 0 Å². The quantitative estimate of drug-likeness (QED) is 0.703. The molecule has 0 aliphatic carbocycles. The minimum Gasteiger partial charge on any atom is -0.352 e. The van der Waals surface area contributed by atoms with Gasteiger partial charge in [0, 0.05) is 37.2 Å². The van der Waals surface area contributed by atoms with Gasteiger partial charge in [-0.1, -0.05) is 12.1 Å². The van der Waals surface area contributed by atoms with Gasteiger partial charge in [-0.25, -0.2) is 0 Å². The maximum atomic E-state index is 11.9. The van der Waals surface area contributed by atoms with Crippen molar-refractivity contribution in [1.82, 2.24) is 10.3 Å². The average molecular weight is 326 g/mol. The number of hydrogen-bond acceptors (Lipinski definition) is 4. The monoisotopic (exact) mass is 326 g/mol. The highest BCUT2D eigenvalue weighted by molar-refractivity contribution is 6.03. The Morgan fingerprint density at radius 3 is 2.42 bits per heavy atom. The van der Waals surface area contributed by atoms with E-state index in [1.807, 2.05) is 6.07 Å². The van der Waals surface area contributed by atoms with Crippen LogP contribution in [0.4, 0.5) is 11.4 Å². The van der Waals surface area contributed by atoms with Crippen molar-refractivity contribution in [2.45, 2.75) is 19.9 Å². The zero-order valence-corrected chi connectivity index (χ0v) is 13.2. The molecule has 0 radical (unpaired) electrons. The van der Waals surface area contributed by atoms with Crippen LogP contribution in [0.3, 0.4) is 0 Å². The van der Waals surface area contributed by atoms with Gasteiger partial charge >= 0.3 is 0 Å². The topological polar surface area (TPSA) is 100 Å². The van der Waals surface area contributed by atoms with Crippen molar-refractivity contribution >= 4 is 29.1 Å². The molecule has 124 valence electrons. The molecule has 0 atom stereocenters. The van der Waals surface area contributed by atoms with Crippen molar-refractivity contribution in [2.75, 3.05) is 10.6 Å². The smallest absolute Gasteiger partial charge is 0.233 e. The molecule has 2 aromatic rings. The van der Waals surface area contributed by atoms with E-state index in [4.69, 9.17) is 0 Å². The molecule has 0 spiro atoms. The van der Waals surface area contributed by atoms with Crippen LogP contribution in [0, 0.1) is 0 Å². The van der Waals surface area contributed by atoms with Gasteiger partial charge in [-0.15, -0.1) is 0 Å². The zero-order chi connectivity index (χ0) is 17.4. The van der Waals surface area contributed by atoms with Gasteiger partial charge in [-0.2, -0.15) is 0 Å². The van der Waals surface area contributed by atoms with Crippen LogP contribution in [-0.4, -0.2) is 22.7 Å². The Bertz CT molecular complexity index is 732. The molecule has 0 bridgehead atoms. The summed E-state index contributed by atoms with van der Waals surface area (Å²) in [6.45, 7) is 1.72. The number of rotatable bonds is 6. The molecule has 3 amide bonds. The molecule has 3 N–H and O–H groups in total. The van der Waals surface area contributed by atoms with Crippen LogP contribution in [0.25, 0.3) is 0 Å². The summed E-state index contributed by atoms with van der Waals surface area (Å²) in [4.78, 5) is 38.6. The maximum absolute atomic E-state index is 11.9. The van der Waals surface area contributed by atoms with E-state index >= 15 is 0 Å². The second-order valence-corrected chi connectivity index (χ2v) is 5.12. The van der Waals surface area contributed by atoms with E-state index in [9.17, 15) is 14.4 Å². The van der Waals surface area contributed by atoms with Gasteiger partial charge in [0.1, 0.15) is 6.42 Å². The molecule has 24 heavy (non-hydrogen) atoms. The van der Waals surface area contributed by atoms with Crippen LogP contribution in [0.2, 0.25) is 0 Å². The first-order valence-electron chi connectivity index (χ1n) is 7.36. The van der Waals surface area contributed by atoms with Crippen molar-refractivity contribution in [3.63, 3.8) is 0 Å². The standard InChI is InChI=1S/C17H18N4O3/c1-12(22)20-14-5-2-6-15(8-14)21-17(24)9-16(23)19-11-13-4-3-7-18-10-13/h2-8,10H,9,11H2,1H3,(H,19,23)(H,20,22)(H,21,24). The van der Waals surface area contributed by atoms with Gasteiger partial charge in [0.25, 0.3) is 0 Å². The van der Waals surface area contributed by atoms with Crippen LogP contribution < -0.4 is 16.0 Å². The number of nitrogens with zero attached hydrogens (tertiary/aromatic N) is 1. The summed E-state index contributed by atoms with van der Waals surface area (Å²) in [7, 11) is 0. The summed E-state index contributed by atoms with van der Waals surface area (Å²) in [5, 5.41) is 7.90. The molecule has 0 saturated carbocycles. The minimum absolute atomic E-state index is 0.201. The highest BCUT2D eigenvalue weighted by Crippen LogP contribution is 2.15. The fourth-order valence-corrected chi connectivity index (χ4v) is 1.99. The van der Waals surface area contributed by atoms with Crippen molar-refractivity contribution < 1.29 is 14.4 Å². The second-order valence-electron chi connectivity index (χ2n) is 5.12. The lowest BCUT2D eigenvalue weighted by Crippen LogP contribution is -2.27. The SMILES string of the molecule is CC(=O)Nc1cccc(NC(=O)CC(=O)NCc2cccnc2)c1. The number of carbonyl (C=O) groups excluding carboxylic acids is 3. The predicted octanol–water partition coefficient (Wildman–Crippen LogP) is 1.68. The number of amides is 3. The fraction of sp³-hybridized carbons (Fsp3) is 0.176. The maximum Gasteiger partial charge on any atom is 0.233 e. The molecule has 1 aromatic carbocycles. The molecule has 2 rings (SSSR count). The van der Waals surface area contributed by atoms with E-state index in [1.54, 1.807) is 42.7 Å². The minimum atomic E-state index is -0.432. The van der Waals surface area contributed by atoms with E-state index in [-0.39, 0.29) is 18.2 Å². The van der Waals surface area contributed by atoms with Gasteiger partial charge in [0.05, 0.1) is 0 Å². The molecular formula is C17H18N4O3. The molecule has 7 nitrogen and oxygen atoms in total. The van der Waals surface area contributed by atoms with Crippen LogP contribution in [0.15, 0.2) is 48.8 Å².